The Bertz CT molecular complexity index is 764. The van der Waals surface area contributed by atoms with Gasteiger partial charge < -0.3 is 14.7 Å². The van der Waals surface area contributed by atoms with E-state index < -0.39 is 0 Å². The summed E-state index contributed by atoms with van der Waals surface area (Å²) < 4.78 is 0. The van der Waals surface area contributed by atoms with Gasteiger partial charge in [0.25, 0.3) is 0 Å². The molecule has 0 N–H and O–H groups in total. The second-order valence-electron chi connectivity index (χ2n) is 6.24. The van der Waals surface area contributed by atoms with Crippen LogP contribution >= 0.6 is 22.9 Å². The van der Waals surface area contributed by atoms with Crippen LogP contribution in [0.4, 0.5) is 10.7 Å². The molecule has 1 saturated heterocycles. The molecule has 1 fully saturated rings. The first-order valence-electron chi connectivity index (χ1n) is 8.27. The summed E-state index contributed by atoms with van der Waals surface area (Å²) in [4.78, 5) is 19.5. The summed E-state index contributed by atoms with van der Waals surface area (Å²) in [6, 6.07) is 12.0. The lowest BCUT2D eigenvalue weighted by Gasteiger charge is -2.36. The van der Waals surface area contributed by atoms with Crippen LogP contribution in [0.1, 0.15) is 9.67 Å². The number of piperazine rings is 1. The highest BCUT2D eigenvalue weighted by Crippen LogP contribution is 2.29. The Morgan fingerprint density at radius 3 is 2.52 bits per heavy atom. The highest BCUT2D eigenvalue weighted by Gasteiger charge is 2.19. The van der Waals surface area contributed by atoms with Gasteiger partial charge in [0.05, 0.1) is 9.88 Å². The molecule has 1 aromatic heterocycles. The van der Waals surface area contributed by atoms with Crippen LogP contribution < -0.4 is 9.80 Å². The van der Waals surface area contributed by atoms with E-state index in [4.69, 9.17) is 11.6 Å². The van der Waals surface area contributed by atoms with Gasteiger partial charge in [0.1, 0.15) is 0 Å². The third-order valence-corrected chi connectivity index (χ3v) is 5.52. The van der Waals surface area contributed by atoms with Crippen LogP contribution in [0.2, 0.25) is 5.02 Å². The number of thiophene rings is 1. The first-order chi connectivity index (χ1) is 12.0. The number of benzene rings is 1. The largest absolute Gasteiger partial charge is 0.383 e. The average Bonchev–Trinajstić information content (AvgIpc) is 3.10. The summed E-state index contributed by atoms with van der Waals surface area (Å²) in [6.45, 7) is 3.77. The first-order valence-corrected chi connectivity index (χ1v) is 9.46. The van der Waals surface area contributed by atoms with E-state index in [0.29, 0.717) is 0 Å². The second-order valence-corrected chi connectivity index (χ2v) is 7.73. The SMILES string of the molecule is CN(C)/C=C/C(=O)c1ccc(N2CCN(c3cccc(Cl)c3)CC2)s1. The molecule has 1 aliphatic heterocycles. The molecule has 132 valence electrons. The van der Waals surface area contributed by atoms with Crippen LogP contribution in [0, 0.1) is 0 Å². The Morgan fingerprint density at radius 2 is 1.84 bits per heavy atom. The summed E-state index contributed by atoms with van der Waals surface area (Å²) >= 11 is 7.66. The van der Waals surface area contributed by atoms with Crippen LogP contribution in [-0.4, -0.2) is 51.0 Å². The Balaban J connectivity index is 1.61. The monoisotopic (exact) mass is 375 g/mol. The molecule has 0 bridgehead atoms. The summed E-state index contributed by atoms with van der Waals surface area (Å²) in [6.07, 6.45) is 3.40. The summed E-state index contributed by atoms with van der Waals surface area (Å²) in [5.74, 6) is 0.0579. The number of hydrogen-bond donors (Lipinski definition) is 0. The first kappa shape index (κ1) is 17.8. The lowest BCUT2D eigenvalue weighted by molar-refractivity contribution is 0.104. The van der Waals surface area contributed by atoms with Gasteiger partial charge in [0, 0.05) is 63.3 Å². The van der Waals surface area contributed by atoms with Crippen molar-refractivity contribution in [3.05, 3.63) is 58.6 Å². The number of rotatable bonds is 5. The molecule has 4 nitrogen and oxygen atoms in total. The third kappa shape index (κ3) is 4.55. The van der Waals surface area contributed by atoms with Crippen molar-refractivity contribution in [2.45, 2.75) is 0 Å². The van der Waals surface area contributed by atoms with E-state index in [1.54, 1.807) is 23.6 Å². The molecular weight excluding hydrogens is 354 g/mol. The summed E-state index contributed by atoms with van der Waals surface area (Å²) in [5, 5.41) is 1.93. The predicted molar refractivity (Wildman–Crippen MR) is 107 cm³/mol. The van der Waals surface area contributed by atoms with Crippen LogP contribution in [-0.2, 0) is 0 Å². The van der Waals surface area contributed by atoms with Gasteiger partial charge in [-0.25, -0.2) is 0 Å². The maximum atomic E-state index is 12.2. The van der Waals surface area contributed by atoms with Crippen molar-refractivity contribution >= 4 is 39.4 Å². The van der Waals surface area contributed by atoms with Gasteiger partial charge >= 0.3 is 0 Å². The molecule has 6 heteroatoms. The van der Waals surface area contributed by atoms with Gasteiger partial charge in [-0.1, -0.05) is 17.7 Å². The minimum Gasteiger partial charge on any atom is -0.383 e. The van der Waals surface area contributed by atoms with Gasteiger partial charge in [-0.2, -0.15) is 0 Å². The van der Waals surface area contributed by atoms with Crippen molar-refractivity contribution in [3.63, 3.8) is 0 Å². The fraction of sp³-hybridized carbons (Fsp3) is 0.316. The van der Waals surface area contributed by atoms with Crippen molar-refractivity contribution in [2.24, 2.45) is 0 Å². The molecule has 25 heavy (non-hydrogen) atoms. The zero-order valence-electron chi connectivity index (χ0n) is 14.5. The molecule has 3 rings (SSSR count). The van der Waals surface area contributed by atoms with E-state index in [2.05, 4.69) is 21.9 Å². The maximum absolute atomic E-state index is 12.2. The summed E-state index contributed by atoms with van der Waals surface area (Å²) in [7, 11) is 3.81. The van der Waals surface area contributed by atoms with E-state index in [1.165, 1.54) is 5.69 Å². The zero-order valence-corrected chi connectivity index (χ0v) is 16.1. The molecule has 0 unspecified atom stereocenters. The molecule has 0 spiro atoms. The van der Waals surface area contributed by atoms with Crippen LogP contribution in [0.15, 0.2) is 48.7 Å². The number of ketones is 1. The topological polar surface area (TPSA) is 26.8 Å². The smallest absolute Gasteiger partial charge is 0.197 e. The quantitative estimate of drug-likeness (QED) is 0.583. The molecule has 1 aromatic carbocycles. The standard InChI is InChI=1S/C19H22ClN3OS/c1-21(2)9-8-17(24)18-6-7-19(25-18)23-12-10-22(11-13-23)16-5-3-4-15(20)14-16/h3-9,14H,10-13H2,1-2H3/b9-8+. The van der Waals surface area contributed by atoms with Crippen molar-refractivity contribution < 1.29 is 4.79 Å². The van der Waals surface area contributed by atoms with E-state index in [-0.39, 0.29) is 5.78 Å². The number of carbonyl (C=O) groups excluding carboxylic acids is 1. The van der Waals surface area contributed by atoms with Crippen LogP contribution in [0.25, 0.3) is 0 Å². The van der Waals surface area contributed by atoms with E-state index in [9.17, 15) is 4.79 Å². The Kier molecular flexibility index (Phi) is 5.66. The maximum Gasteiger partial charge on any atom is 0.197 e. The van der Waals surface area contributed by atoms with Crippen molar-refractivity contribution in [3.8, 4) is 0 Å². The van der Waals surface area contributed by atoms with Gasteiger partial charge in [-0.3, -0.25) is 4.79 Å². The number of allylic oxidation sites excluding steroid dienone is 1. The predicted octanol–water partition coefficient (Wildman–Crippen LogP) is 3.99. The molecule has 0 atom stereocenters. The zero-order chi connectivity index (χ0) is 17.8. The number of halogens is 1. The van der Waals surface area contributed by atoms with Crippen molar-refractivity contribution in [2.75, 3.05) is 50.1 Å². The van der Waals surface area contributed by atoms with Gasteiger partial charge in [-0.05, 0) is 30.3 Å². The number of carbonyl (C=O) groups is 1. The molecule has 2 heterocycles. The Morgan fingerprint density at radius 1 is 1.12 bits per heavy atom. The molecule has 2 aromatic rings. The van der Waals surface area contributed by atoms with E-state index in [0.717, 1.165) is 41.1 Å². The van der Waals surface area contributed by atoms with Gasteiger partial charge in [0.2, 0.25) is 0 Å². The third-order valence-electron chi connectivity index (χ3n) is 4.12. The lowest BCUT2D eigenvalue weighted by Crippen LogP contribution is -2.46. The minimum absolute atomic E-state index is 0.0579. The highest BCUT2D eigenvalue weighted by molar-refractivity contribution is 7.18. The number of hydrogen-bond acceptors (Lipinski definition) is 5. The Labute approximate surface area is 157 Å². The fourth-order valence-corrected chi connectivity index (χ4v) is 3.95. The Hall–Kier alpha value is -1.98. The molecule has 0 amide bonds. The number of nitrogens with zero attached hydrogens (tertiary/aromatic N) is 3. The molecule has 0 saturated carbocycles. The molecule has 0 aliphatic carbocycles. The minimum atomic E-state index is 0.0579. The average molecular weight is 376 g/mol. The molecule has 1 aliphatic rings. The second kappa shape index (κ2) is 7.93. The normalized spacial score (nSPS) is 15.0. The molecular formula is C19H22ClN3OS. The van der Waals surface area contributed by atoms with Crippen LogP contribution in [0.3, 0.4) is 0 Å². The number of anilines is 2. The van der Waals surface area contributed by atoms with Crippen LogP contribution in [0.5, 0.6) is 0 Å². The highest BCUT2D eigenvalue weighted by atomic mass is 35.5. The lowest BCUT2D eigenvalue weighted by atomic mass is 10.2. The van der Waals surface area contributed by atoms with Crippen molar-refractivity contribution in [1.29, 1.82) is 0 Å². The fourth-order valence-electron chi connectivity index (χ4n) is 2.79. The summed E-state index contributed by atoms with van der Waals surface area (Å²) in [5.41, 5.74) is 1.17. The van der Waals surface area contributed by atoms with Gasteiger partial charge in [0.15, 0.2) is 5.78 Å². The molecule has 0 radical (unpaired) electrons. The van der Waals surface area contributed by atoms with E-state index >= 15 is 0 Å². The van der Waals surface area contributed by atoms with E-state index in [1.807, 2.05) is 43.3 Å². The van der Waals surface area contributed by atoms with Crippen molar-refractivity contribution in [1.82, 2.24) is 4.90 Å². The van der Waals surface area contributed by atoms with Gasteiger partial charge in [-0.15, -0.1) is 11.3 Å².